The molecule has 0 radical (unpaired) electrons. The van der Waals surface area contributed by atoms with Crippen LogP contribution < -0.4 is 16.0 Å². The molecular weight excluding hydrogens is 240 g/mol. The fourth-order valence-corrected chi connectivity index (χ4v) is 3.27. The summed E-state index contributed by atoms with van der Waals surface area (Å²) in [4.78, 5) is 6.77. The predicted molar refractivity (Wildman–Crippen MR) is 76.5 cm³/mol. The Hall–Kier alpha value is -1.33. The molecule has 0 aromatic carbocycles. The molecule has 1 fully saturated rings. The van der Waals surface area contributed by atoms with Crippen LogP contribution >= 0.6 is 0 Å². The lowest BCUT2D eigenvalue weighted by atomic mass is 10.0. The summed E-state index contributed by atoms with van der Waals surface area (Å²) in [6, 6.07) is 0.244. The summed E-state index contributed by atoms with van der Waals surface area (Å²) in [6.07, 6.45) is 5.34. The number of nitrogens with one attached hydrogen (secondary N) is 1. The van der Waals surface area contributed by atoms with Crippen molar-refractivity contribution in [1.29, 1.82) is 0 Å². The van der Waals surface area contributed by atoms with Crippen LogP contribution in [0.3, 0.4) is 0 Å². The maximum atomic E-state index is 9.99. The van der Waals surface area contributed by atoms with Crippen LogP contribution in [0.25, 0.3) is 0 Å². The van der Waals surface area contributed by atoms with Crippen LogP contribution in [0, 0.1) is 0 Å². The van der Waals surface area contributed by atoms with Crippen LogP contribution in [-0.4, -0.2) is 36.3 Å². The topological polar surface area (TPSA) is 74.4 Å². The van der Waals surface area contributed by atoms with E-state index in [9.17, 15) is 5.11 Å². The number of aliphatic hydroxyl groups is 1. The second-order valence-corrected chi connectivity index (χ2v) is 5.54. The Labute approximate surface area is 113 Å². The van der Waals surface area contributed by atoms with E-state index in [0.717, 1.165) is 50.2 Å². The largest absolute Gasteiger partial charge is 0.387 e. The van der Waals surface area contributed by atoms with Crippen molar-refractivity contribution in [1.82, 2.24) is 4.98 Å². The summed E-state index contributed by atoms with van der Waals surface area (Å²) >= 11 is 0. The van der Waals surface area contributed by atoms with E-state index in [-0.39, 0.29) is 6.04 Å². The highest BCUT2D eigenvalue weighted by Gasteiger charge is 2.29. The third-order valence-corrected chi connectivity index (χ3v) is 4.21. The van der Waals surface area contributed by atoms with E-state index < -0.39 is 6.10 Å². The van der Waals surface area contributed by atoms with Gasteiger partial charge in [-0.2, -0.15) is 0 Å². The molecule has 3 rings (SSSR count). The number of piperidine rings is 1. The zero-order valence-corrected chi connectivity index (χ0v) is 11.4. The first-order valence-corrected chi connectivity index (χ1v) is 7.09. The lowest BCUT2D eigenvalue weighted by molar-refractivity contribution is 0.176. The second-order valence-electron chi connectivity index (χ2n) is 5.54. The van der Waals surface area contributed by atoms with E-state index in [4.69, 9.17) is 5.73 Å². The molecule has 1 aliphatic carbocycles. The van der Waals surface area contributed by atoms with Crippen molar-refractivity contribution in [3.8, 4) is 0 Å². The molecule has 1 aliphatic heterocycles. The molecule has 104 valence electrons. The highest BCUT2D eigenvalue weighted by Crippen LogP contribution is 2.40. The Kier molecular flexibility index (Phi) is 3.33. The van der Waals surface area contributed by atoms with Crippen LogP contribution in [0.2, 0.25) is 0 Å². The number of pyridine rings is 1. The minimum Gasteiger partial charge on any atom is -0.387 e. The molecule has 1 aromatic rings. The van der Waals surface area contributed by atoms with Gasteiger partial charge in [-0.15, -0.1) is 0 Å². The summed E-state index contributed by atoms with van der Waals surface area (Å²) in [5.41, 5.74) is 10.4. The monoisotopic (exact) mass is 262 g/mol. The average molecular weight is 262 g/mol. The van der Waals surface area contributed by atoms with E-state index in [1.165, 1.54) is 11.3 Å². The molecule has 2 aliphatic rings. The van der Waals surface area contributed by atoms with E-state index in [1.807, 2.05) is 13.2 Å². The summed E-state index contributed by atoms with van der Waals surface area (Å²) in [6.45, 7) is 1.93. The number of hydrogen-bond donors (Lipinski definition) is 3. The zero-order valence-electron chi connectivity index (χ0n) is 11.4. The van der Waals surface area contributed by atoms with E-state index >= 15 is 0 Å². The van der Waals surface area contributed by atoms with Gasteiger partial charge in [0.2, 0.25) is 0 Å². The Morgan fingerprint density at radius 2 is 2.32 bits per heavy atom. The quantitative estimate of drug-likeness (QED) is 0.742. The molecular formula is C14H22N4O. The Balaban J connectivity index is 2.03. The molecule has 0 amide bonds. The van der Waals surface area contributed by atoms with Gasteiger partial charge in [-0.05, 0) is 25.7 Å². The molecule has 0 bridgehead atoms. The number of aromatic nitrogens is 1. The lowest BCUT2D eigenvalue weighted by Crippen LogP contribution is -2.43. The standard InChI is InChI=1S/C14H22N4O/c1-16-11-7-17-13-10(4-5-12(13)19)14(11)18-6-2-3-9(15)8-18/h7,9,12,16,19H,2-6,8,15H2,1H3/t9-,12?/m0/s1. The Morgan fingerprint density at radius 3 is 3.05 bits per heavy atom. The highest BCUT2D eigenvalue weighted by molar-refractivity contribution is 5.74. The fourth-order valence-electron chi connectivity index (χ4n) is 3.27. The van der Waals surface area contributed by atoms with Crippen LogP contribution in [-0.2, 0) is 6.42 Å². The highest BCUT2D eigenvalue weighted by atomic mass is 16.3. The lowest BCUT2D eigenvalue weighted by Gasteiger charge is -2.35. The van der Waals surface area contributed by atoms with Gasteiger partial charge in [-0.1, -0.05) is 0 Å². The number of hydrogen-bond acceptors (Lipinski definition) is 5. The van der Waals surface area contributed by atoms with Gasteiger partial charge in [0.1, 0.15) is 0 Å². The van der Waals surface area contributed by atoms with Crippen LogP contribution in [0.15, 0.2) is 6.20 Å². The van der Waals surface area contributed by atoms with Crippen LogP contribution in [0.4, 0.5) is 11.4 Å². The van der Waals surface area contributed by atoms with Gasteiger partial charge < -0.3 is 21.1 Å². The third kappa shape index (κ3) is 2.17. The van der Waals surface area contributed by atoms with Gasteiger partial charge in [-0.3, -0.25) is 4.98 Å². The smallest absolute Gasteiger partial charge is 0.0966 e. The van der Waals surface area contributed by atoms with Gasteiger partial charge >= 0.3 is 0 Å². The van der Waals surface area contributed by atoms with Crippen LogP contribution in [0.1, 0.15) is 36.6 Å². The number of rotatable bonds is 2. The summed E-state index contributed by atoms with van der Waals surface area (Å²) in [5, 5.41) is 13.2. The van der Waals surface area contributed by atoms with Crippen molar-refractivity contribution in [3.63, 3.8) is 0 Å². The molecule has 2 heterocycles. The van der Waals surface area contributed by atoms with Crippen molar-refractivity contribution < 1.29 is 5.11 Å². The average Bonchev–Trinajstić information content (AvgIpc) is 2.79. The second kappa shape index (κ2) is 4.98. The minimum absolute atomic E-state index is 0.244. The van der Waals surface area contributed by atoms with Crippen LogP contribution in [0.5, 0.6) is 0 Å². The first-order valence-electron chi connectivity index (χ1n) is 7.09. The SMILES string of the molecule is CNc1cnc2c(c1N1CCC[C@H](N)C1)CCC2O. The number of anilines is 2. The predicted octanol–water partition coefficient (Wildman–Crippen LogP) is 1.03. The van der Waals surface area contributed by atoms with E-state index in [1.54, 1.807) is 0 Å². The third-order valence-electron chi connectivity index (χ3n) is 4.21. The Morgan fingerprint density at radius 1 is 1.47 bits per heavy atom. The van der Waals surface area contributed by atoms with Gasteiger partial charge in [0, 0.05) is 31.7 Å². The summed E-state index contributed by atoms with van der Waals surface area (Å²) in [7, 11) is 1.92. The molecule has 4 N–H and O–H groups in total. The molecule has 19 heavy (non-hydrogen) atoms. The molecule has 0 spiro atoms. The van der Waals surface area contributed by atoms with Crippen molar-refractivity contribution in [2.75, 3.05) is 30.4 Å². The number of fused-ring (bicyclic) bond motifs is 1. The summed E-state index contributed by atoms with van der Waals surface area (Å²) < 4.78 is 0. The van der Waals surface area contributed by atoms with Gasteiger partial charge in [0.05, 0.1) is 29.4 Å². The van der Waals surface area contributed by atoms with E-state index in [0.29, 0.717) is 0 Å². The van der Waals surface area contributed by atoms with Crippen molar-refractivity contribution in [2.24, 2.45) is 5.73 Å². The number of nitrogens with two attached hydrogens (primary N) is 1. The van der Waals surface area contributed by atoms with Gasteiger partial charge in [0.15, 0.2) is 0 Å². The molecule has 0 saturated carbocycles. The first kappa shape index (κ1) is 12.7. The Bertz CT molecular complexity index is 477. The van der Waals surface area contributed by atoms with Crippen molar-refractivity contribution in [3.05, 3.63) is 17.5 Å². The molecule has 1 saturated heterocycles. The molecule has 1 aromatic heterocycles. The normalized spacial score (nSPS) is 26.4. The van der Waals surface area contributed by atoms with Crippen molar-refractivity contribution in [2.45, 2.75) is 37.8 Å². The zero-order chi connectivity index (χ0) is 13.4. The first-order chi connectivity index (χ1) is 9.20. The minimum atomic E-state index is -0.405. The van der Waals surface area contributed by atoms with Gasteiger partial charge in [0.25, 0.3) is 0 Å². The maximum absolute atomic E-state index is 9.99. The number of nitrogens with zero attached hydrogens (tertiary/aromatic N) is 2. The molecule has 5 heteroatoms. The maximum Gasteiger partial charge on any atom is 0.0966 e. The van der Waals surface area contributed by atoms with Gasteiger partial charge in [-0.25, -0.2) is 0 Å². The van der Waals surface area contributed by atoms with Crippen molar-refractivity contribution >= 4 is 11.4 Å². The molecule has 1 unspecified atom stereocenters. The molecule has 5 nitrogen and oxygen atoms in total. The molecule has 2 atom stereocenters. The van der Waals surface area contributed by atoms with E-state index in [2.05, 4.69) is 15.2 Å². The number of aliphatic hydroxyl groups excluding tert-OH is 1. The fraction of sp³-hybridized carbons (Fsp3) is 0.643. The summed E-state index contributed by atoms with van der Waals surface area (Å²) in [5.74, 6) is 0.